The van der Waals surface area contributed by atoms with Crippen molar-refractivity contribution in [2.75, 3.05) is 11.9 Å². The predicted octanol–water partition coefficient (Wildman–Crippen LogP) is 3.27. The summed E-state index contributed by atoms with van der Waals surface area (Å²) >= 11 is 0. The summed E-state index contributed by atoms with van der Waals surface area (Å²) < 4.78 is 0. The highest BCUT2D eigenvalue weighted by Crippen LogP contribution is 2.29. The van der Waals surface area contributed by atoms with Gasteiger partial charge in [0.1, 0.15) is 0 Å². The lowest BCUT2D eigenvalue weighted by Gasteiger charge is -2.28. The van der Waals surface area contributed by atoms with E-state index in [0.29, 0.717) is 6.42 Å². The summed E-state index contributed by atoms with van der Waals surface area (Å²) in [4.78, 5) is 12.1. The standard InChI is InChI=1S/C16H26N2O2/c1-6-16(5,11-19)18-14(20)17-13-10-8-7-9-12(13)15(2,3)4/h7-10,19H,6,11H2,1-5H3,(H2,17,18,20). The lowest BCUT2D eigenvalue weighted by atomic mass is 9.86. The molecule has 1 unspecified atom stereocenters. The molecule has 4 nitrogen and oxygen atoms in total. The second-order valence-corrected chi connectivity index (χ2v) is 6.45. The number of hydrogen-bond donors (Lipinski definition) is 3. The number of carbonyl (C=O) groups excluding carboxylic acids is 1. The Morgan fingerprint density at radius 2 is 1.80 bits per heavy atom. The summed E-state index contributed by atoms with van der Waals surface area (Å²) in [7, 11) is 0. The van der Waals surface area contributed by atoms with E-state index in [2.05, 4.69) is 31.4 Å². The molecule has 0 radical (unpaired) electrons. The molecule has 0 fully saturated rings. The van der Waals surface area contributed by atoms with E-state index >= 15 is 0 Å². The second kappa shape index (κ2) is 6.27. The minimum Gasteiger partial charge on any atom is -0.394 e. The lowest BCUT2D eigenvalue weighted by Crippen LogP contribution is -2.50. The smallest absolute Gasteiger partial charge is 0.319 e. The minimum absolute atomic E-state index is 0.0467. The number of aliphatic hydroxyl groups excluding tert-OH is 1. The van der Waals surface area contributed by atoms with Crippen LogP contribution in [0.25, 0.3) is 0 Å². The van der Waals surface area contributed by atoms with Gasteiger partial charge in [0.05, 0.1) is 12.1 Å². The molecule has 3 N–H and O–H groups in total. The van der Waals surface area contributed by atoms with Crippen LogP contribution in [-0.2, 0) is 5.41 Å². The Bertz CT molecular complexity index is 460. The van der Waals surface area contributed by atoms with Crippen LogP contribution < -0.4 is 10.6 Å². The van der Waals surface area contributed by atoms with Gasteiger partial charge in [0.15, 0.2) is 0 Å². The molecule has 0 heterocycles. The van der Waals surface area contributed by atoms with E-state index in [1.165, 1.54) is 0 Å². The SMILES string of the molecule is CCC(C)(CO)NC(=O)Nc1ccccc1C(C)(C)C. The molecular weight excluding hydrogens is 252 g/mol. The number of para-hydroxylation sites is 1. The maximum atomic E-state index is 12.1. The fourth-order valence-corrected chi connectivity index (χ4v) is 1.91. The van der Waals surface area contributed by atoms with Crippen LogP contribution >= 0.6 is 0 Å². The average molecular weight is 278 g/mol. The van der Waals surface area contributed by atoms with Crippen LogP contribution in [-0.4, -0.2) is 23.3 Å². The van der Waals surface area contributed by atoms with Gasteiger partial charge in [0, 0.05) is 5.69 Å². The topological polar surface area (TPSA) is 61.4 Å². The Morgan fingerprint density at radius 3 is 2.30 bits per heavy atom. The molecule has 1 aromatic carbocycles. The maximum Gasteiger partial charge on any atom is 0.319 e. The Morgan fingerprint density at radius 1 is 1.20 bits per heavy atom. The number of hydrogen-bond acceptors (Lipinski definition) is 2. The van der Waals surface area contributed by atoms with Gasteiger partial charge in [-0.25, -0.2) is 4.79 Å². The Kier molecular flexibility index (Phi) is 5.17. The number of aliphatic hydroxyl groups is 1. The molecule has 1 rings (SSSR count). The molecule has 0 bridgehead atoms. The van der Waals surface area contributed by atoms with Crippen molar-refractivity contribution in [1.29, 1.82) is 0 Å². The van der Waals surface area contributed by atoms with Crippen LogP contribution in [0.5, 0.6) is 0 Å². The maximum absolute atomic E-state index is 12.1. The van der Waals surface area contributed by atoms with Crippen LogP contribution in [0, 0.1) is 0 Å². The van der Waals surface area contributed by atoms with E-state index in [0.717, 1.165) is 11.3 Å². The number of anilines is 1. The third-order valence-corrected chi connectivity index (χ3v) is 3.53. The summed E-state index contributed by atoms with van der Waals surface area (Å²) in [5.74, 6) is 0. The summed E-state index contributed by atoms with van der Waals surface area (Å²) in [6.07, 6.45) is 0.665. The van der Waals surface area contributed by atoms with Crippen LogP contribution in [0.3, 0.4) is 0 Å². The summed E-state index contributed by atoms with van der Waals surface area (Å²) in [5, 5.41) is 15.0. The van der Waals surface area contributed by atoms with Crippen molar-refractivity contribution in [2.45, 2.75) is 52.0 Å². The van der Waals surface area contributed by atoms with E-state index in [-0.39, 0.29) is 18.1 Å². The fourth-order valence-electron chi connectivity index (χ4n) is 1.91. The molecule has 1 atom stereocenters. The number of urea groups is 1. The van der Waals surface area contributed by atoms with E-state index in [1.54, 1.807) is 0 Å². The number of rotatable bonds is 4. The first kappa shape index (κ1) is 16.5. The Balaban J connectivity index is 2.87. The van der Waals surface area contributed by atoms with Crippen LogP contribution in [0.15, 0.2) is 24.3 Å². The molecule has 1 aromatic rings. The molecule has 2 amide bonds. The van der Waals surface area contributed by atoms with Crippen molar-refractivity contribution in [3.05, 3.63) is 29.8 Å². The first-order valence-corrected chi connectivity index (χ1v) is 7.01. The largest absolute Gasteiger partial charge is 0.394 e. The molecule has 0 aliphatic carbocycles. The average Bonchev–Trinajstić information content (AvgIpc) is 2.37. The van der Waals surface area contributed by atoms with Gasteiger partial charge < -0.3 is 15.7 Å². The van der Waals surface area contributed by atoms with Crippen LogP contribution in [0.1, 0.15) is 46.6 Å². The molecule has 0 saturated heterocycles. The van der Waals surface area contributed by atoms with E-state index in [9.17, 15) is 9.90 Å². The number of carbonyl (C=O) groups is 1. The molecule has 20 heavy (non-hydrogen) atoms. The van der Waals surface area contributed by atoms with Crippen molar-refractivity contribution < 1.29 is 9.90 Å². The Hall–Kier alpha value is -1.55. The van der Waals surface area contributed by atoms with Gasteiger partial charge in [-0.05, 0) is 30.4 Å². The van der Waals surface area contributed by atoms with Gasteiger partial charge >= 0.3 is 6.03 Å². The highest BCUT2D eigenvalue weighted by Gasteiger charge is 2.24. The van der Waals surface area contributed by atoms with Crippen molar-refractivity contribution in [1.82, 2.24) is 5.32 Å². The third-order valence-electron chi connectivity index (χ3n) is 3.53. The third kappa shape index (κ3) is 4.23. The van der Waals surface area contributed by atoms with Crippen LogP contribution in [0.4, 0.5) is 10.5 Å². The van der Waals surface area contributed by atoms with Gasteiger partial charge in [-0.15, -0.1) is 0 Å². The molecule has 0 aliphatic heterocycles. The number of amides is 2. The van der Waals surface area contributed by atoms with Gasteiger partial charge in [0.25, 0.3) is 0 Å². The lowest BCUT2D eigenvalue weighted by molar-refractivity contribution is 0.172. The van der Waals surface area contributed by atoms with Crippen molar-refractivity contribution in [3.63, 3.8) is 0 Å². The first-order chi connectivity index (χ1) is 9.22. The van der Waals surface area contributed by atoms with Gasteiger partial charge in [-0.2, -0.15) is 0 Å². The summed E-state index contributed by atoms with van der Waals surface area (Å²) in [6, 6.07) is 7.48. The molecule has 0 aromatic heterocycles. The Labute approximate surface area is 121 Å². The predicted molar refractivity (Wildman–Crippen MR) is 83.1 cm³/mol. The van der Waals surface area contributed by atoms with E-state index < -0.39 is 5.54 Å². The van der Waals surface area contributed by atoms with Gasteiger partial charge in [0.2, 0.25) is 0 Å². The first-order valence-electron chi connectivity index (χ1n) is 7.01. The van der Waals surface area contributed by atoms with Crippen molar-refractivity contribution in [3.8, 4) is 0 Å². The monoisotopic (exact) mass is 278 g/mol. The quantitative estimate of drug-likeness (QED) is 0.791. The molecular formula is C16H26N2O2. The zero-order chi connectivity index (χ0) is 15.4. The molecule has 0 saturated carbocycles. The summed E-state index contributed by atoms with van der Waals surface area (Å²) in [5.41, 5.74) is 1.24. The highest BCUT2D eigenvalue weighted by atomic mass is 16.3. The van der Waals surface area contributed by atoms with E-state index in [1.807, 2.05) is 38.1 Å². The number of benzene rings is 1. The molecule has 112 valence electrons. The fraction of sp³-hybridized carbons (Fsp3) is 0.562. The molecule has 0 aliphatic rings. The van der Waals surface area contributed by atoms with E-state index in [4.69, 9.17) is 0 Å². The highest BCUT2D eigenvalue weighted by molar-refractivity contribution is 5.90. The summed E-state index contributed by atoms with van der Waals surface area (Å²) in [6.45, 7) is 9.99. The second-order valence-electron chi connectivity index (χ2n) is 6.45. The van der Waals surface area contributed by atoms with Gasteiger partial charge in [-0.3, -0.25) is 0 Å². The normalized spacial score (nSPS) is 14.5. The van der Waals surface area contributed by atoms with Crippen molar-refractivity contribution in [2.24, 2.45) is 0 Å². The molecule has 0 spiro atoms. The number of nitrogens with one attached hydrogen (secondary N) is 2. The zero-order valence-electron chi connectivity index (χ0n) is 13.1. The van der Waals surface area contributed by atoms with Gasteiger partial charge in [-0.1, -0.05) is 45.9 Å². The molecule has 4 heteroatoms. The zero-order valence-corrected chi connectivity index (χ0v) is 13.1. The van der Waals surface area contributed by atoms with Crippen LogP contribution in [0.2, 0.25) is 0 Å². The van der Waals surface area contributed by atoms with Crippen molar-refractivity contribution >= 4 is 11.7 Å². The minimum atomic E-state index is -0.596.